The van der Waals surface area contributed by atoms with E-state index in [0.29, 0.717) is 0 Å². The van der Waals surface area contributed by atoms with E-state index < -0.39 is 54.6 Å². The summed E-state index contributed by atoms with van der Waals surface area (Å²) in [6.45, 7) is 7.90. The lowest BCUT2D eigenvalue weighted by molar-refractivity contribution is -0.305. The molecule has 1 fully saturated rings. The molecule has 10 heteroatoms. The second kappa shape index (κ2) is 10.6. The summed E-state index contributed by atoms with van der Waals surface area (Å²) in [5, 5.41) is 0. The highest BCUT2D eigenvalue weighted by Crippen LogP contribution is 2.29. The number of rotatable bonds is 8. The van der Waals surface area contributed by atoms with E-state index in [9.17, 15) is 19.2 Å². The Morgan fingerprint density at radius 2 is 1.37 bits per heavy atom. The number of esters is 4. The van der Waals surface area contributed by atoms with E-state index in [4.69, 9.17) is 28.4 Å². The molecule has 0 aliphatic carbocycles. The Bertz CT molecular complexity index is 572. The minimum absolute atomic E-state index is 0.0355. The van der Waals surface area contributed by atoms with E-state index >= 15 is 0 Å². The van der Waals surface area contributed by atoms with Crippen LogP contribution in [-0.4, -0.2) is 67.8 Å². The largest absolute Gasteiger partial charge is 0.463 e. The predicted molar refractivity (Wildman–Crippen MR) is 88.1 cm³/mol. The lowest BCUT2D eigenvalue weighted by Crippen LogP contribution is -2.62. The molecule has 1 aliphatic rings. The summed E-state index contributed by atoms with van der Waals surface area (Å²) in [7, 11) is 0. The molecule has 1 heterocycles. The van der Waals surface area contributed by atoms with Crippen molar-refractivity contribution in [3.8, 4) is 0 Å². The standard InChI is InChI=1S/C17H24O10/c1-6-7-22-17-16(26-12(5)21)15(25-11(4)20)14(24-10(3)19)13(27-17)8-23-9(2)18/h6,13-17H,1,7-8H2,2-5H3/t13-,14-,15+,16-,17-/m0/s1. The van der Waals surface area contributed by atoms with Crippen molar-refractivity contribution in [1.82, 2.24) is 0 Å². The third-order valence-corrected chi connectivity index (χ3v) is 3.33. The van der Waals surface area contributed by atoms with Crippen LogP contribution in [0.5, 0.6) is 0 Å². The van der Waals surface area contributed by atoms with Crippen LogP contribution in [0.3, 0.4) is 0 Å². The molecule has 0 aromatic heterocycles. The van der Waals surface area contributed by atoms with Gasteiger partial charge in [-0.25, -0.2) is 0 Å². The van der Waals surface area contributed by atoms with Gasteiger partial charge in [-0.3, -0.25) is 19.2 Å². The molecular weight excluding hydrogens is 364 g/mol. The fraction of sp³-hybridized carbons (Fsp3) is 0.647. The molecule has 1 aliphatic heterocycles. The lowest BCUT2D eigenvalue weighted by Gasteiger charge is -2.43. The molecule has 0 saturated carbocycles. The summed E-state index contributed by atoms with van der Waals surface area (Å²) >= 11 is 0. The zero-order chi connectivity index (χ0) is 20.6. The smallest absolute Gasteiger partial charge is 0.303 e. The Morgan fingerprint density at radius 1 is 0.852 bits per heavy atom. The van der Waals surface area contributed by atoms with E-state index in [2.05, 4.69) is 6.58 Å². The van der Waals surface area contributed by atoms with Gasteiger partial charge in [0.2, 0.25) is 0 Å². The second-order valence-corrected chi connectivity index (χ2v) is 5.69. The van der Waals surface area contributed by atoms with Crippen LogP contribution < -0.4 is 0 Å². The van der Waals surface area contributed by atoms with Crippen molar-refractivity contribution in [2.24, 2.45) is 0 Å². The van der Waals surface area contributed by atoms with E-state index in [0.717, 1.165) is 20.8 Å². The fourth-order valence-corrected chi connectivity index (χ4v) is 2.49. The normalized spacial score (nSPS) is 27.2. The topological polar surface area (TPSA) is 124 Å². The summed E-state index contributed by atoms with van der Waals surface area (Å²) in [4.78, 5) is 45.8. The average Bonchev–Trinajstić information content (AvgIpc) is 2.54. The maximum Gasteiger partial charge on any atom is 0.303 e. The molecule has 0 aromatic rings. The van der Waals surface area contributed by atoms with Crippen LogP contribution in [0, 0.1) is 0 Å². The number of carbonyl (C=O) groups excluding carboxylic acids is 4. The molecule has 0 spiro atoms. The monoisotopic (exact) mass is 388 g/mol. The van der Waals surface area contributed by atoms with Gasteiger partial charge in [0.1, 0.15) is 12.7 Å². The number of carbonyl (C=O) groups is 4. The Labute approximate surface area is 156 Å². The Kier molecular flexibility index (Phi) is 8.89. The lowest BCUT2D eigenvalue weighted by atomic mass is 9.98. The minimum atomic E-state index is -1.24. The first-order chi connectivity index (χ1) is 12.6. The van der Waals surface area contributed by atoms with Crippen molar-refractivity contribution in [2.45, 2.75) is 58.4 Å². The summed E-state index contributed by atoms with van der Waals surface area (Å²) in [5.74, 6) is -2.67. The molecule has 0 N–H and O–H groups in total. The van der Waals surface area contributed by atoms with Gasteiger partial charge in [-0.05, 0) is 0 Å². The third-order valence-electron chi connectivity index (χ3n) is 3.33. The van der Waals surface area contributed by atoms with Crippen LogP contribution in [0.15, 0.2) is 12.7 Å². The molecule has 5 atom stereocenters. The van der Waals surface area contributed by atoms with Crippen LogP contribution in [-0.2, 0) is 47.6 Å². The molecule has 0 aromatic carbocycles. The SMILES string of the molecule is C=CCO[C@H]1O[C@@H](COC(C)=O)[C@H](OC(C)=O)[C@@H](OC(C)=O)[C@@H]1OC(C)=O. The molecular formula is C17H24O10. The van der Waals surface area contributed by atoms with E-state index in [1.807, 2.05) is 0 Å². The minimum Gasteiger partial charge on any atom is -0.463 e. The van der Waals surface area contributed by atoms with Crippen LogP contribution in [0.25, 0.3) is 0 Å². The highest BCUT2D eigenvalue weighted by molar-refractivity contribution is 5.68. The second-order valence-electron chi connectivity index (χ2n) is 5.69. The molecule has 1 saturated heterocycles. The molecule has 10 nitrogen and oxygen atoms in total. The van der Waals surface area contributed by atoms with Gasteiger partial charge in [-0.1, -0.05) is 6.08 Å². The highest BCUT2D eigenvalue weighted by Gasteiger charge is 2.52. The van der Waals surface area contributed by atoms with Gasteiger partial charge in [0.05, 0.1) is 6.61 Å². The first kappa shape index (κ1) is 22.6. The molecule has 27 heavy (non-hydrogen) atoms. The Morgan fingerprint density at radius 3 is 1.85 bits per heavy atom. The number of hydrogen-bond acceptors (Lipinski definition) is 10. The summed E-state index contributed by atoms with van der Waals surface area (Å²) in [6.07, 6.45) is -4.41. The first-order valence-corrected chi connectivity index (χ1v) is 8.18. The Hall–Kier alpha value is -2.46. The van der Waals surface area contributed by atoms with Gasteiger partial charge in [-0.2, -0.15) is 0 Å². The van der Waals surface area contributed by atoms with E-state index in [-0.39, 0.29) is 13.2 Å². The van der Waals surface area contributed by atoms with Crippen molar-refractivity contribution < 1.29 is 47.6 Å². The average molecular weight is 388 g/mol. The summed E-state index contributed by atoms with van der Waals surface area (Å²) < 4.78 is 31.7. The number of ether oxygens (including phenoxy) is 6. The van der Waals surface area contributed by atoms with Crippen molar-refractivity contribution in [2.75, 3.05) is 13.2 Å². The molecule has 0 unspecified atom stereocenters. The van der Waals surface area contributed by atoms with E-state index in [1.165, 1.54) is 13.0 Å². The Balaban J connectivity index is 3.24. The molecule has 0 radical (unpaired) electrons. The predicted octanol–water partition coefficient (Wildman–Crippen LogP) is 0.272. The molecule has 1 rings (SSSR count). The van der Waals surface area contributed by atoms with Gasteiger partial charge >= 0.3 is 23.9 Å². The zero-order valence-corrected chi connectivity index (χ0v) is 15.7. The van der Waals surface area contributed by atoms with Crippen LogP contribution in [0.1, 0.15) is 27.7 Å². The maximum absolute atomic E-state index is 11.6. The van der Waals surface area contributed by atoms with Crippen molar-refractivity contribution in [3.63, 3.8) is 0 Å². The quantitative estimate of drug-likeness (QED) is 0.325. The van der Waals surface area contributed by atoms with Gasteiger partial charge in [0, 0.05) is 27.7 Å². The van der Waals surface area contributed by atoms with Gasteiger partial charge in [-0.15, -0.1) is 6.58 Å². The molecule has 152 valence electrons. The van der Waals surface area contributed by atoms with Crippen molar-refractivity contribution >= 4 is 23.9 Å². The zero-order valence-electron chi connectivity index (χ0n) is 15.7. The van der Waals surface area contributed by atoms with E-state index in [1.54, 1.807) is 0 Å². The maximum atomic E-state index is 11.6. The summed E-state index contributed by atoms with van der Waals surface area (Å²) in [5.41, 5.74) is 0. The fourth-order valence-electron chi connectivity index (χ4n) is 2.49. The van der Waals surface area contributed by atoms with Crippen LogP contribution >= 0.6 is 0 Å². The van der Waals surface area contributed by atoms with Crippen molar-refractivity contribution in [1.29, 1.82) is 0 Å². The summed E-state index contributed by atoms with van der Waals surface area (Å²) in [6, 6.07) is 0. The van der Waals surface area contributed by atoms with Gasteiger partial charge in [0.25, 0.3) is 0 Å². The molecule has 0 amide bonds. The third kappa shape index (κ3) is 7.35. The van der Waals surface area contributed by atoms with Crippen LogP contribution in [0.4, 0.5) is 0 Å². The molecule has 0 bridgehead atoms. The van der Waals surface area contributed by atoms with Gasteiger partial charge in [0.15, 0.2) is 24.6 Å². The van der Waals surface area contributed by atoms with Crippen LogP contribution in [0.2, 0.25) is 0 Å². The number of hydrogen-bond donors (Lipinski definition) is 0. The van der Waals surface area contributed by atoms with Crippen molar-refractivity contribution in [3.05, 3.63) is 12.7 Å². The van der Waals surface area contributed by atoms with Gasteiger partial charge < -0.3 is 28.4 Å². The first-order valence-electron chi connectivity index (χ1n) is 8.18. The highest BCUT2D eigenvalue weighted by atomic mass is 16.7.